The van der Waals surface area contributed by atoms with Crippen LogP contribution in [0.2, 0.25) is 0 Å². The van der Waals surface area contributed by atoms with Gasteiger partial charge >= 0.3 is 0 Å². The van der Waals surface area contributed by atoms with Gasteiger partial charge in [-0.05, 0) is 78.4 Å². The molecule has 0 saturated carbocycles. The van der Waals surface area contributed by atoms with Crippen molar-refractivity contribution in [2.24, 2.45) is 0 Å². The lowest BCUT2D eigenvalue weighted by Crippen LogP contribution is -2.20. The lowest BCUT2D eigenvalue weighted by Gasteiger charge is -2.36. The molecule has 5 rings (SSSR count). The van der Waals surface area contributed by atoms with Gasteiger partial charge in [0.15, 0.2) is 5.75 Å². The Morgan fingerprint density at radius 3 is 2.09 bits per heavy atom. The van der Waals surface area contributed by atoms with E-state index in [4.69, 9.17) is 4.74 Å². The number of ether oxygens (including phenoxy) is 1. The van der Waals surface area contributed by atoms with Crippen LogP contribution in [0.5, 0.6) is 11.6 Å². The average Bonchev–Trinajstić information content (AvgIpc) is 2.72. The number of hydrogen-bond acceptors (Lipinski definition) is 3. The number of rotatable bonds is 1. The van der Waals surface area contributed by atoms with Crippen LogP contribution < -0.4 is 9.64 Å². The Balaban J connectivity index is 1.88. The molecule has 32 heavy (non-hydrogen) atoms. The first-order chi connectivity index (χ1) is 15.1. The van der Waals surface area contributed by atoms with E-state index in [1.807, 2.05) is 6.20 Å². The Kier molecular flexibility index (Phi) is 4.56. The maximum Gasteiger partial charge on any atom is 0.243 e. The minimum Gasteiger partial charge on any atom is -0.435 e. The van der Waals surface area contributed by atoms with E-state index in [2.05, 4.69) is 107 Å². The van der Waals surface area contributed by atoms with E-state index in [0.29, 0.717) is 5.88 Å². The average molecular weight is 423 g/mol. The summed E-state index contributed by atoms with van der Waals surface area (Å²) in [6.45, 7) is 15.5. The minimum absolute atomic E-state index is 0.0941. The van der Waals surface area contributed by atoms with E-state index in [1.165, 1.54) is 38.7 Å². The van der Waals surface area contributed by atoms with E-state index < -0.39 is 0 Å². The zero-order valence-corrected chi connectivity index (χ0v) is 20.0. The van der Waals surface area contributed by atoms with E-state index >= 15 is 0 Å². The maximum absolute atomic E-state index is 6.38. The summed E-state index contributed by atoms with van der Waals surface area (Å²) in [4.78, 5) is 7.02. The molecule has 1 aliphatic rings. The van der Waals surface area contributed by atoms with Crippen LogP contribution in [0.15, 0.2) is 54.7 Å². The predicted octanol–water partition coefficient (Wildman–Crippen LogP) is 8.34. The second-order valence-corrected chi connectivity index (χ2v) is 10.1. The van der Waals surface area contributed by atoms with Crippen molar-refractivity contribution in [3.63, 3.8) is 0 Å². The van der Waals surface area contributed by atoms with Gasteiger partial charge < -0.3 is 9.64 Å². The van der Waals surface area contributed by atoms with E-state index in [1.54, 1.807) is 0 Å². The third-order valence-corrected chi connectivity index (χ3v) is 6.41. The normalized spacial score (nSPS) is 13.0. The molecule has 0 unspecified atom stereocenters. The van der Waals surface area contributed by atoms with E-state index in [9.17, 15) is 0 Å². The first-order valence-electron chi connectivity index (χ1n) is 11.2. The van der Waals surface area contributed by atoms with Crippen molar-refractivity contribution >= 4 is 27.8 Å². The Bertz CT molecular complexity index is 1360. The molecule has 0 amide bonds. The number of aromatic nitrogens is 1. The molecule has 0 atom stereocenters. The molecule has 162 valence electrons. The van der Waals surface area contributed by atoms with Crippen molar-refractivity contribution in [2.75, 3.05) is 4.90 Å². The number of anilines is 3. The zero-order chi connectivity index (χ0) is 22.8. The second-order valence-electron chi connectivity index (χ2n) is 10.1. The second kappa shape index (κ2) is 7.09. The van der Waals surface area contributed by atoms with Crippen LogP contribution >= 0.6 is 0 Å². The molecular formula is C29H30N2O. The highest BCUT2D eigenvalue weighted by Crippen LogP contribution is 2.54. The van der Waals surface area contributed by atoms with Crippen LogP contribution in [0, 0.1) is 27.7 Å². The Morgan fingerprint density at radius 1 is 0.781 bits per heavy atom. The molecule has 0 spiro atoms. The molecule has 1 aliphatic heterocycles. The summed E-state index contributed by atoms with van der Waals surface area (Å²) in [5.41, 5.74) is 9.52. The van der Waals surface area contributed by atoms with Gasteiger partial charge in [-0.2, -0.15) is 0 Å². The molecule has 0 fully saturated rings. The highest BCUT2D eigenvalue weighted by molar-refractivity contribution is 6.05. The first kappa shape index (κ1) is 20.6. The number of fused-ring (bicyclic) bond motifs is 4. The van der Waals surface area contributed by atoms with Gasteiger partial charge in [0.2, 0.25) is 5.88 Å². The standard InChI is InChI=1S/C29H30N2O/c1-17-12-24-28(30-16-17)32-25-15-18(2)22-10-8-9-11-23(22)27(25)31(24)26-19(3)13-21(14-20(26)4)29(5,6)7/h8-16H,1-7H3. The number of benzene rings is 3. The Labute approximate surface area is 190 Å². The Hall–Kier alpha value is -3.33. The number of aryl methyl sites for hydroxylation is 4. The summed E-state index contributed by atoms with van der Waals surface area (Å²) in [6, 6.07) is 17.6. The summed E-state index contributed by atoms with van der Waals surface area (Å²) >= 11 is 0. The summed E-state index contributed by atoms with van der Waals surface area (Å²) in [5.74, 6) is 1.50. The van der Waals surface area contributed by atoms with Crippen LogP contribution in [0.1, 0.15) is 48.6 Å². The number of hydrogen-bond donors (Lipinski definition) is 0. The molecule has 0 radical (unpaired) electrons. The summed E-state index contributed by atoms with van der Waals surface area (Å²) in [5, 5.41) is 2.43. The topological polar surface area (TPSA) is 25.4 Å². The van der Waals surface area contributed by atoms with Gasteiger partial charge in [-0.1, -0.05) is 57.2 Å². The fourth-order valence-corrected chi connectivity index (χ4v) is 4.80. The van der Waals surface area contributed by atoms with E-state index in [0.717, 1.165) is 22.7 Å². The van der Waals surface area contributed by atoms with Crippen molar-refractivity contribution in [2.45, 2.75) is 53.9 Å². The zero-order valence-electron chi connectivity index (χ0n) is 20.0. The highest BCUT2D eigenvalue weighted by atomic mass is 16.5. The Morgan fingerprint density at radius 2 is 1.44 bits per heavy atom. The summed E-state index contributed by atoms with van der Waals surface area (Å²) < 4.78 is 6.38. The number of pyridine rings is 1. The molecule has 0 N–H and O–H groups in total. The van der Waals surface area contributed by atoms with Crippen molar-refractivity contribution in [1.29, 1.82) is 0 Å². The van der Waals surface area contributed by atoms with Gasteiger partial charge in [-0.3, -0.25) is 0 Å². The highest BCUT2D eigenvalue weighted by Gasteiger charge is 2.31. The third kappa shape index (κ3) is 3.15. The van der Waals surface area contributed by atoms with Gasteiger partial charge in [0.25, 0.3) is 0 Å². The van der Waals surface area contributed by atoms with Crippen LogP contribution in [0.3, 0.4) is 0 Å². The van der Waals surface area contributed by atoms with Crippen molar-refractivity contribution < 1.29 is 4.74 Å². The molecular weight excluding hydrogens is 392 g/mol. The lowest BCUT2D eigenvalue weighted by molar-refractivity contribution is 0.457. The summed E-state index contributed by atoms with van der Waals surface area (Å²) in [7, 11) is 0. The molecule has 0 saturated heterocycles. The molecule has 0 aliphatic carbocycles. The van der Waals surface area contributed by atoms with Gasteiger partial charge in [-0.25, -0.2) is 4.98 Å². The van der Waals surface area contributed by atoms with Crippen molar-refractivity contribution in [3.05, 3.63) is 82.5 Å². The van der Waals surface area contributed by atoms with E-state index in [-0.39, 0.29) is 5.41 Å². The smallest absolute Gasteiger partial charge is 0.243 e. The monoisotopic (exact) mass is 422 g/mol. The lowest BCUT2D eigenvalue weighted by atomic mass is 9.84. The van der Waals surface area contributed by atoms with Crippen LogP contribution in [-0.2, 0) is 5.41 Å². The van der Waals surface area contributed by atoms with Gasteiger partial charge in [-0.15, -0.1) is 0 Å². The largest absolute Gasteiger partial charge is 0.435 e. The van der Waals surface area contributed by atoms with Crippen molar-refractivity contribution in [3.8, 4) is 11.6 Å². The number of nitrogens with zero attached hydrogens (tertiary/aromatic N) is 2. The predicted molar refractivity (Wildman–Crippen MR) is 134 cm³/mol. The van der Waals surface area contributed by atoms with Crippen LogP contribution in [-0.4, -0.2) is 4.98 Å². The van der Waals surface area contributed by atoms with Gasteiger partial charge in [0.1, 0.15) is 5.69 Å². The third-order valence-electron chi connectivity index (χ3n) is 6.41. The quantitative estimate of drug-likeness (QED) is 0.271. The van der Waals surface area contributed by atoms with Crippen molar-refractivity contribution in [1.82, 2.24) is 4.98 Å². The fourth-order valence-electron chi connectivity index (χ4n) is 4.80. The molecule has 2 heterocycles. The first-order valence-corrected chi connectivity index (χ1v) is 11.2. The molecule has 3 nitrogen and oxygen atoms in total. The maximum atomic E-state index is 6.38. The van der Waals surface area contributed by atoms with Gasteiger partial charge in [0.05, 0.1) is 11.4 Å². The minimum atomic E-state index is 0.0941. The fraction of sp³-hybridized carbons (Fsp3) is 0.276. The van der Waals surface area contributed by atoms with Crippen LogP contribution in [0.4, 0.5) is 17.1 Å². The SMILES string of the molecule is Cc1cnc2c(c1)N(c1c(C)cc(C(C)(C)C)cc1C)c1c(cc(C)c3ccccc13)O2. The van der Waals surface area contributed by atoms with Gasteiger partial charge in [0, 0.05) is 11.6 Å². The molecule has 3 aromatic carbocycles. The molecule has 1 aromatic heterocycles. The molecule has 4 aromatic rings. The summed E-state index contributed by atoms with van der Waals surface area (Å²) in [6.07, 6.45) is 1.87. The molecule has 3 heteroatoms. The van der Waals surface area contributed by atoms with Crippen LogP contribution in [0.25, 0.3) is 10.8 Å². The molecule has 0 bridgehead atoms.